The highest BCUT2D eigenvalue weighted by molar-refractivity contribution is 6.92. The van der Waals surface area contributed by atoms with E-state index in [0.29, 0.717) is 6.42 Å². The largest absolute Gasteiger partial charge is 0.665 e. The van der Waals surface area contributed by atoms with E-state index in [0.717, 1.165) is 0 Å². The van der Waals surface area contributed by atoms with Crippen LogP contribution >= 0.6 is 0 Å². The van der Waals surface area contributed by atoms with Crippen LogP contribution in [0.1, 0.15) is 13.3 Å². The van der Waals surface area contributed by atoms with Crippen LogP contribution in [0.15, 0.2) is 0 Å². The minimum absolute atomic E-state index is 0.159. The second-order valence-corrected chi connectivity index (χ2v) is 16.1. The summed E-state index contributed by atoms with van der Waals surface area (Å²) in [6, 6.07) is 0.258. The van der Waals surface area contributed by atoms with Crippen molar-refractivity contribution in [1.29, 1.82) is 0 Å². The van der Waals surface area contributed by atoms with Crippen LogP contribution in [-0.2, 0) is 52.2 Å². The lowest BCUT2D eigenvalue weighted by atomic mass is 10.5. The highest BCUT2D eigenvalue weighted by Crippen LogP contribution is 2.42. The predicted octanol–water partition coefficient (Wildman–Crippen LogP) is -0.472. The molecule has 2 aliphatic rings. The van der Waals surface area contributed by atoms with E-state index in [4.69, 9.17) is 47.4 Å². The Morgan fingerprint density at radius 3 is 1.65 bits per heavy atom. The Hall–Kier alpha value is -0.0625. The molecule has 0 aromatic heterocycles. The number of carbonyl (C=O) groups excluding carboxylic acids is 1. The second-order valence-electron chi connectivity index (χ2n) is 5.16. The van der Waals surface area contributed by atoms with Crippen molar-refractivity contribution in [3.05, 3.63) is 0 Å². The van der Waals surface area contributed by atoms with Crippen molar-refractivity contribution in [2.45, 2.75) is 19.4 Å². The van der Waals surface area contributed by atoms with Gasteiger partial charge in [0, 0.05) is 48.5 Å². The molecule has 2 aliphatic heterocycles. The molecule has 0 amide bonds. The molecule has 0 radical (unpaired) electrons. The van der Waals surface area contributed by atoms with Crippen LogP contribution in [0.4, 0.5) is 0 Å². The molecular formula is C10H24O12Si4. The Bertz CT molecular complexity index is 474. The van der Waals surface area contributed by atoms with Gasteiger partial charge < -0.3 is 47.4 Å². The van der Waals surface area contributed by atoms with Gasteiger partial charge in [0.25, 0.3) is 0 Å². The fourth-order valence-corrected chi connectivity index (χ4v) is 19.5. The Balaban J connectivity index is 2.33. The van der Waals surface area contributed by atoms with Crippen LogP contribution in [0.2, 0.25) is 6.04 Å². The lowest BCUT2D eigenvalue weighted by Crippen LogP contribution is -2.83. The van der Waals surface area contributed by atoms with Gasteiger partial charge in [0.05, 0.1) is 6.61 Å². The maximum atomic E-state index is 11.0. The molecule has 152 valence electrons. The lowest BCUT2D eigenvalue weighted by Gasteiger charge is -2.52. The Labute approximate surface area is 156 Å². The van der Waals surface area contributed by atoms with Crippen molar-refractivity contribution >= 4 is 41.9 Å². The highest BCUT2D eigenvalue weighted by atomic mass is 28.6. The second kappa shape index (κ2) is 8.53. The first-order valence-electron chi connectivity index (χ1n) is 7.65. The van der Waals surface area contributed by atoms with Gasteiger partial charge in [-0.1, -0.05) is 0 Å². The first-order valence-corrected chi connectivity index (χ1v) is 14.5. The summed E-state index contributed by atoms with van der Waals surface area (Å²) in [6.45, 7) is 1.49. The quantitative estimate of drug-likeness (QED) is 0.258. The molecule has 12 nitrogen and oxygen atoms in total. The van der Waals surface area contributed by atoms with E-state index in [1.807, 2.05) is 0 Å². The van der Waals surface area contributed by atoms with Crippen molar-refractivity contribution in [2.75, 3.05) is 42.2 Å². The smallest absolute Gasteiger partial charge is 0.466 e. The van der Waals surface area contributed by atoms with Crippen LogP contribution in [-0.4, -0.2) is 84.1 Å². The molecule has 2 fully saturated rings. The van der Waals surface area contributed by atoms with Crippen molar-refractivity contribution < 1.29 is 52.2 Å². The summed E-state index contributed by atoms with van der Waals surface area (Å²) in [7, 11) is -7.70. The van der Waals surface area contributed by atoms with Crippen LogP contribution < -0.4 is 0 Å². The van der Waals surface area contributed by atoms with Gasteiger partial charge in [-0.2, -0.15) is 0 Å². The van der Waals surface area contributed by atoms with Gasteiger partial charge in [-0.05, 0) is 6.42 Å². The van der Waals surface area contributed by atoms with E-state index in [-0.39, 0.29) is 18.6 Å². The third-order valence-electron chi connectivity index (χ3n) is 3.52. The van der Waals surface area contributed by atoms with Crippen LogP contribution in [0.5, 0.6) is 0 Å². The van der Waals surface area contributed by atoms with E-state index in [2.05, 4.69) is 0 Å². The molecule has 0 aliphatic carbocycles. The summed E-state index contributed by atoms with van der Waals surface area (Å²) in [6.07, 6.45) is 0.399. The SMILES string of the molecule is CO[Si]1(OC)O[Si]2(CCCOC(C)=O)O[Si](OC)(OC)O[Si](OC)(O2)O1. The maximum Gasteiger partial charge on any atom is 0.665 e. The molecule has 0 unspecified atom stereocenters. The third-order valence-corrected chi connectivity index (χ3v) is 17.7. The normalized spacial score (nSPS) is 32.2. The molecule has 0 N–H and O–H groups in total. The average Bonchev–Trinajstić information content (AvgIpc) is 2.64. The topological polar surface area (TPSA) is 119 Å². The number of rotatable bonds is 9. The van der Waals surface area contributed by atoms with E-state index in [1.54, 1.807) is 0 Å². The minimum Gasteiger partial charge on any atom is -0.466 e. The molecule has 0 saturated carbocycles. The number of esters is 1. The van der Waals surface area contributed by atoms with Crippen molar-refractivity contribution in [2.24, 2.45) is 0 Å². The van der Waals surface area contributed by atoms with Crippen molar-refractivity contribution in [1.82, 2.24) is 0 Å². The van der Waals surface area contributed by atoms with Gasteiger partial charge in [-0.15, -0.1) is 0 Å². The Kier molecular flexibility index (Phi) is 7.29. The molecule has 2 saturated heterocycles. The van der Waals surface area contributed by atoms with Crippen molar-refractivity contribution in [3.63, 3.8) is 0 Å². The van der Waals surface area contributed by atoms with E-state index >= 15 is 0 Å². The van der Waals surface area contributed by atoms with Crippen LogP contribution in [0.25, 0.3) is 0 Å². The third kappa shape index (κ3) is 4.49. The van der Waals surface area contributed by atoms with Gasteiger partial charge in [0.2, 0.25) is 0 Å². The van der Waals surface area contributed by atoms with Crippen LogP contribution in [0.3, 0.4) is 0 Å². The minimum atomic E-state index is -3.79. The monoisotopic (exact) mass is 448 g/mol. The van der Waals surface area contributed by atoms with E-state index in [9.17, 15) is 4.79 Å². The van der Waals surface area contributed by atoms with Gasteiger partial charge in [-0.3, -0.25) is 4.79 Å². The fourth-order valence-electron chi connectivity index (χ4n) is 2.33. The number of carbonyl (C=O) groups is 1. The maximum absolute atomic E-state index is 11.0. The molecular weight excluding hydrogens is 424 g/mol. The van der Waals surface area contributed by atoms with Gasteiger partial charge in [0.1, 0.15) is 0 Å². The predicted molar refractivity (Wildman–Crippen MR) is 89.5 cm³/mol. The summed E-state index contributed by atoms with van der Waals surface area (Å²) >= 11 is 0. The Morgan fingerprint density at radius 2 is 1.27 bits per heavy atom. The summed E-state index contributed by atoms with van der Waals surface area (Å²) in [5.41, 5.74) is 0. The molecule has 0 spiro atoms. The van der Waals surface area contributed by atoms with E-state index < -0.39 is 35.9 Å². The van der Waals surface area contributed by atoms with Crippen molar-refractivity contribution in [3.8, 4) is 0 Å². The van der Waals surface area contributed by atoms with Crippen LogP contribution in [0, 0.1) is 0 Å². The molecule has 0 aromatic rings. The number of ether oxygens (including phenoxy) is 1. The molecule has 2 heterocycles. The number of hydrogen-bond acceptors (Lipinski definition) is 12. The summed E-state index contributed by atoms with van der Waals surface area (Å²) < 4.78 is 61.4. The first kappa shape index (κ1) is 22.2. The first-order chi connectivity index (χ1) is 12.3. The molecule has 2 bridgehead atoms. The summed E-state index contributed by atoms with van der Waals surface area (Å²) in [5, 5.41) is 0. The van der Waals surface area contributed by atoms with E-state index in [1.165, 1.54) is 42.5 Å². The summed E-state index contributed by atoms with van der Waals surface area (Å²) in [5.74, 6) is -0.388. The standard InChI is InChI=1S/C10H24O12Si4/c1-10(11)17-8-7-9-23-18-24(12-2,13-3)21-26(16-6,20-23)22-25(14-4,15-5)19-23/h7-9H2,1-6H3. The zero-order chi connectivity index (χ0) is 19.5. The molecule has 0 atom stereocenters. The summed E-state index contributed by atoms with van der Waals surface area (Å²) in [4.78, 5) is 11.0. The molecule has 26 heavy (non-hydrogen) atoms. The zero-order valence-corrected chi connectivity index (χ0v) is 19.5. The molecule has 0 aromatic carbocycles. The zero-order valence-electron chi connectivity index (χ0n) is 15.5. The van der Waals surface area contributed by atoms with Gasteiger partial charge in [-0.25, -0.2) is 0 Å². The average molecular weight is 449 g/mol. The highest BCUT2D eigenvalue weighted by Gasteiger charge is 2.80. The molecule has 2 rings (SSSR count). The van der Waals surface area contributed by atoms with Gasteiger partial charge in [0.15, 0.2) is 0 Å². The Morgan fingerprint density at radius 1 is 0.769 bits per heavy atom. The number of fused-ring (bicyclic) bond motifs is 2. The van der Waals surface area contributed by atoms with Gasteiger partial charge >= 0.3 is 41.9 Å². The lowest BCUT2D eigenvalue weighted by molar-refractivity contribution is -0.141. The number of hydrogen-bond donors (Lipinski definition) is 0. The fraction of sp³-hybridized carbons (Fsp3) is 0.900. The molecule has 16 heteroatoms.